The fourth-order valence-corrected chi connectivity index (χ4v) is 1.11. The number of hydrogen-bond acceptors (Lipinski definition) is 7. The van der Waals surface area contributed by atoms with Gasteiger partial charge in [0.1, 0.15) is 12.9 Å². The lowest BCUT2D eigenvalue weighted by atomic mass is 10.6. The Bertz CT molecular complexity index is 497. The Morgan fingerprint density at radius 1 is 1.35 bits per heavy atom. The van der Waals surface area contributed by atoms with Gasteiger partial charge in [-0.2, -0.15) is 0 Å². The van der Waals surface area contributed by atoms with E-state index >= 15 is 0 Å². The molecular formula is C9H10N6O2. The van der Waals surface area contributed by atoms with E-state index in [4.69, 9.17) is 10.5 Å². The average molecular weight is 234 g/mol. The number of anilines is 1. The number of carbonyl (C=O) groups excluding carboxylic acids is 1. The molecule has 2 heterocycles. The standard InChI is InChI=1S/C9H10N6O2/c10-9-13-6-15(14-9)4-8(16)17-5-7-11-2-1-3-12-7/h1-3,6H,4-5H2,(H2,10,14). The highest BCUT2D eigenvalue weighted by molar-refractivity contribution is 5.68. The molecule has 0 aliphatic rings. The van der Waals surface area contributed by atoms with Gasteiger partial charge in [-0.25, -0.2) is 19.6 Å². The predicted octanol–water partition coefficient (Wildman–Crippen LogP) is -0.606. The highest BCUT2D eigenvalue weighted by Crippen LogP contribution is 1.95. The molecule has 8 nitrogen and oxygen atoms in total. The minimum Gasteiger partial charge on any atom is -0.456 e. The smallest absolute Gasteiger partial charge is 0.328 e. The molecule has 2 N–H and O–H groups in total. The highest BCUT2D eigenvalue weighted by atomic mass is 16.5. The van der Waals surface area contributed by atoms with Gasteiger partial charge < -0.3 is 10.5 Å². The summed E-state index contributed by atoms with van der Waals surface area (Å²) < 4.78 is 6.24. The number of nitrogen functional groups attached to an aromatic ring is 1. The van der Waals surface area contributed by atoms with Gasteiger partial charge in [0.2, 0.25) is 5.95 Å². The molecular weight excluding hydrogens is 224 g/mol. The lowest BCUT2D eigenvalue weighted by Gasteiger charge is -2.02. The number of rotatable bonds is 4. The van der Waals surface area contributed by atoms with Crippen LogP contribution in [-0.4, -0.2) is 30.7 Å². The summed E-state index contributed by atoms with van der Waals surface area (Å²) in [4.78, 5) is 22.9. The quantitative estimate of drug-likeness (QED) is 0.703. The summed E-state index contributed by atoms with van der Waals surface area (Å²) in [6.45, 7) is -0.0130. The first-order valence-electron chi connectivity index (χ1n) is 4.80. The normalized spacial score (nSPS) is 10.1. The van der Waals surface area contributed by atoms with Crippen molar-refractivity contribution in [2.75, 3.05) is 5.73 Å². The van der Waals surface area contributed by atoms with Gasteiger partial charge in [-0.05, 0) is 6.07 Å². The van der Waals surface area contributed by atoms with E-state index in [1.54, 1.807) is 18.5 Å². The molecule has 0 bridgehead atoms. The molecule has 0 radical (unpaired) electrons. The van der Waals surface area contributed by atoms with Crippen LogP contribution in [0.25, 0.3) is 0 Å². The maximum absolute atomic E-state index is 11.4. The van der Waals surface area contributed by atoms with Crippen LogP contribution in [0.5, 0.6) is 0 Å². The van der Waals surface area contributed by atoms with Gasteiger partial charge in [-0.15, -0.1) is 5.10 Å². The Morgan fingerprint density at radius 3 is 2.76 bits per heavy atom. The van der Waals surface area contributed by atoms with Crippen molar-refractivity contribution in [1.29, 1.82) is 0 Å². The van der Waals surface area contributed by atoms with Crippen molar-refractivity contribution in [2.24, 2.45) is 0 Å². The van der Waals surface area contributed by atoms with Crippen molar-refractivity contribution in [3.8, 4) is 0 Å². The third-order valence-electron chi connectivity index (χ3n) is 1.83. The Hall–Kier alpha value is -2.51. The van der Waals surface area contributed by atoms with Crippen molar-refractivity contribution in [1.82, 2.24) is 24.7 Å². The van der Waals surface area contributed by atoms with Crippen LogP contribution in [0.4, 0.5) is 5.95 Å². The largest absolute Gasteiger partial charge is 0.456 e. The van der Waals surface area contributed by atoms with Crippen LogP contribution in [0, 0.1) is 0 Å². The zero-order chi connectivity index (χ0) is 12.1. The molecule has 0 aromatic carbocycles. The highest BCUT2D eigenvalue weighted by Gasteiger charge is 2.07. The SMILES string of the molecule is Nc1ncn(CC(=O)OCc2ncccn2)n1. The van der Waals surface area contributed by atoms with Crippen molar-refractivity contribution < 1.29 is 9.53 Å². The third-order valence-corrected chi connectivity index (χ3v) is 1.83. The van der Waals surface area contributed by atoms with E-state index in [1.807, 2.05) is 0 Å². The summed E-state index contributed by atoms with van der Waals surface area (Å²) in [6, 6.07) is 1.68. The summed E-state index contributed by atoms with van der Waals surface area (Å²) >= 11 is 0. The topological polar surface area (TPSA) is 109 Å². The maximum atomic E-state index is 11.4. The maximum Gasteiger partial charge on any atom is 0.328 e. The van der Waals surface area contributed by atoms with Gasteiger partial charge in [-0.1, -0.05) is 0 Å². The Kier molecular flexibility index (Phi) is 3.24. The number of nitrogens with two attached hydrogens (primary N) is 1. The minimum atomic E-state index is -0.456. The molecule has 0 saturated heterocycles. The molecule has 8 heteroatoms. The summed E-state index contributed by atoms with van der Waals surface area (Å²) in [7, 11) is 0. The van der Waals surface area contributed by atoms with E-state index in [0.29, 0.717) is 5.82 Å². The number of ether oxygens (including phenoxy) is 1. The molecule has 0 aliphatic carbocycles. The van der Waals surface area contributed by atoms with E-state index in [0.717, 1.165) is 0 Å². The first-order valence-corrected chi connectivity index (χ1v) is 4.80. The van der Waals surface area contributed by atoms with Gasteiger partial charge in [0.15, 0.2) is 12.4 Å². The summed E-state index contributed by atoms with van der Waals surface area (Å²) in [5.41, 5.74) is 5.30. The third kappa shape index (κ3) is 3.23. The monoisotopic (exact) mass is 234 g/mol. The summed E-state index contributed by atoms with van der Waals surface area (Å²) in [5, 5.41) is 3.76. The van der Waals surface area contributed by atoms with Crippen LogP contribution in [0.3, 0.4) is 0 Å². The second-order valence-corrected chi connectivity index (χ2v) is 3.13. The molecule has 17 heavy (non-hydrogen) atoms. The Morgan fingerprint density at radius 2 is 2.12 bits per heavy atom. The van der Waals surface area contributed by atoms with Gasteiger partial charge in [0, 0.05) is 12.4 Å². The van der Waals surface area contributed by atoms with Crippen LogP contribution >= 0.6 is 0 Å². The number of nitrogens with zero attached hydrogens (tertiary/aromatic N) is 5. The summed E-state index contributed by atoms with van der Waals surface area (Å²) in [5.74, 6) is 0.102. The number of carbonyl (C=O) groups is 1. The molecule has 2 aromatic rings. The molecule has 0 atom stereocenters. The zero-order valence-corrected chi connectivity index (χ0v) is 8.85. The van der Waals surface area contributed by atoms with Crippen molar-refractivity contribution >= 4 is 11.9 Å². The molecule has 2 aromatic heterocycles. The molecule has 0 saturated carbocycles. The van der Waals surface area contributed by atoms with Gasteiger partial charge in [0.05, 0.1) is 0 Å². The molecule has 0 spiro atoms. The average Bonchev–Trinajstić information content (AvgIpc) is 2.73. The molecule has 88 valence electrons. The van der Waals surface area contributed by atoms with Gasteiger partial charge in [0.25, 0.3) is 0 Å². The van der Waals surface area contributed by atoms with Crippen molar-refractivity contribution in [2.45, 2.75) is 13.2 Å². The van der Waals surface area contributed by atoms with Crippen LogP contribution in [-0.2, 0) is 22.7 Å². The summed E-state index contributed by atoms with van der Waals surface area (Å²) in [6.07, 6.45) is 4.51. The lowest BCUT2D eigenvalue weighted by Crippen LogP contribution is -2.14. The number of aromatic nitrogens is 5. The first kappa shape index (κ1) is 11.0. The van der Waals surface area contributed by atoms with E-state index in [-0.39, 0.29) is 19.1 Å². The van der Waals surface area contributed by atoms with Gasteiger partial charge in [-0.3, -0.25) is 4.79 Å². The number of hydrogen-bond donors (Lipinski definition) is 1. The predicted molar refractivity (Wildman–Crippen MR) is 56.3 cm³/mol. The lowest BCUT2D eigenvalue weighted by molar-refractivity contribution is -0.146. The fourth-order valence-electron chi connectivity index (χ4n) is 1.11. The van der Waals surface area contributed by atoms with Crippen LogP contribution in [0.1, 0.15) is 5.82 Å². The second kappa shape index (κ2) is 5.01. The van der Waals surface area contributed by atoms with Gasteiger partial charge >= 0.3 is 5.97 Å². The molecule has 0 unspecified atom stereocenters. The fraction of sp³-hybridized carbons (Fsp3) is 0.222. The molecule has 0 fully saturated rings. The second-order valence-electron chi connectivity index (χ2n) is 3.13. The zero-order valence-electron chi connectivity index (χ0n) is 8.85. The Balaban J connectivity index is 1.82. The molecule has 0 aliphatic heterocycles. The minimum absolute atomic E-state index is 0.0316. The van der Waals surface area contributed by atoms with E-state index in [9.17, 15) is 4.79 Å². The molecule has 0 amide bonds. The van der Waals surface area contributed by atoms with Crippen molar-refractivity contribution in [3.63, 3.8) is 0 Å². The van der Waals surface area contributed by atoms with E-state index in [2.05, 4.69) is 20.1 Å². The van der Waals surface area contributed by atoms with Crippen LogP contribution in [0.15, 0.2) is 24.8 Å². The van der Waals surface area contributed by atoms with Crippen molar-refractivity contribution in [3.05, 3.63) is 30.6 Å². The van der Waals surface area contributed by atoms with Crippen LogP contribution in [0.2, 0.25) is 0 Å². The molecule has 2 rings (SSSR count). The Labute approximate surface area is 96.5 Å². The van der Waals surface area contributed by atoms with Crippen LogP contribution < -0.4 is 5.73 Å². The van der Waals surface area contributed by atoms with E-state index < -0.39 is 5.97 Å². The first-order chi connectivity index (χ1) is 8.24. The van der Waals surface area contributed by atoms with E-state index in [1.165, 1.54) is 11.0 Å². The number of esters is 1.